The SMILES string of the molecule is COc1cc(C=CC(=O)CC(=O)C(F)(F)F)ccc1O. The van der Waals surface area contributed by atoms with Gasteiger partial charge in [0, 0.05) is 0 Å². The number of aromatic hydroxyl groups is 1. The highest BCUT2D eigenvalue weighted by Crippen LogP contribution is 2.26. The van der Waals surface area contributed by atoms with Crippen molar-refractivity contribution in [1.29, 1.82) is 0 Å². The Balaban J connectivity index is 2.73. The number of benzene rings is 1. The summed E-state index contributed by atoms with van der Waals surface area (Å²) in [5, 5.41) is 9.34. The zero-order valence-electron chi connectivity index (χ0n) is 10.4. The van der Waals surface area contributed by atoms with Crippen molar-refractivity contribution in [1.82, 2.24) is 0 Å². The first-order valence-corrected chi connectivity index (χ1v) is 5.42. The predicted octanol–water partition coefficient (Wildman–Crippen LogP) is 2.50. The van der Waals surface area contributed by atoms with Crippen molar-refractivity contribution in [3.05, 3.63) is 29.8 Å². The maximum atomic E-state index is 11.9. The summed E-state index contributed by atoms with van der Waals surface area (Å²) < 4.78 is 40.7. The van der Waals surface area contributed by atoms with E-state index in [1.54, 1.807) is 0 Å². The van der Waals surface area contributed by atoms with Gasteiger partial charge in [-0.1, -0.05) is 12.1 Å². The molecular weight excluding hydrogens is 277 g/mol. The molecule has 1 aromatic rings. The van der Waals surface area contributed by atoms with Gasteiger partial charge in [0.1, 0.15) is 0 Å². The van der Waals surface area contributed by atoms with Crippen LogP contribution in [-0.2, 0) is 9.59 Å². The highest BCUT2D eigenvalue weighted by Gasteiger charge is 2.38. The van der Waals surface area contributed by atoms with E-state index in [0.29, 0.717) is 5.56 Å². The van der Waals surface area contributed by atoms with Gasteiger partial charge in [-0.25, -0.2) is 0 Å². The topological polar surface area (TPSA) is 63.6 Å². The number of carbonyl (C=O) groups is 2. The van der Waals surface area contributed by atoms with Crippen LogP contribution in [0, 0.1) is 0 Å². The summed E-state index contributed by atoms with van der Waals surface area (Å²) in [6, 6.07) is 4.14. The molecule has 0 saturated heterocycles. The Morgan fingerprint density at radius 3 is 2.55 bits per heavy atom. The molecule has 108 valence electrons. The molecular formula is C13H11F3O4. The molecule has 0 saturated carbocycles. The highest BCUT2D eigenvalue weighted by molar-refractivity contribution is 6.07. The summed E-state index contributed by atoms with van der Waals surface area (Å²) in [5.74, 6) is -3.00. The van der Waals surface area contributed by atoms with Gasteiger partial charge in [-0.3, -0.25) is 9.59 Å². The van der Waals surface area contributed by atoms with Crippen molar-refractivity contribution < 1.29 is 32.6 Å². The first-order chi connectivity index (χ1) is 9.24. The van der Waals surface area contributed by atoms with Crippen LogP contribution in [0.2, 0.25) is 0 Å². The molecule has 0 aliphatic rings. The van der Waals surface area contributed by atoms with Gasteiger partial charge in [-0.15, -0.1) is 0 Å². The first-order valence-electron chi connectivity index (χ1n) is 5.42. The van der Waals surface area contributed by atoms with Crippen LogP contribution < -0.4 is 4.74 Å². The number of alkyl halides is 3. The Morgan fingerprint density at radius 1 is 1.35 bits per heavy atom. The molecule has 0 spiro atoms. The standard InChI is InChI=1S/C13H11F3O4/c1-20-11-6-8(3-5-10(11)18)2-4-9(17)7-12(19)13(14,15)16/h2-6,18H,7H2,1H3. The van der Waals surface area contributed by atoms with Crippen LogP contribution in [-0.4, -0.2) is 30.0 Å². The Hall–Kier alpha value is -2.31. The monoisotopic (exact) mass is 288 g/mol. The number of phenolic OH excluding ortho intramolecular Hbond substituents is 1. The summed E-state index contributed by atoms with van der Waals surface area (Å²) >= 11 is 0. The molecule has 0 bridgehead atoms. The number of allylic oxidation sites excluding steroid dienone is 1. The van der Waals surface area contributed by atoms with E-state index in [2.05, 4.69) is 0 Å². The minimum Gasteiger partial charge on any atom is -0.504 e. The minimum absolute atomic E-state index is 0.108. The van der Waals surface area contributed by atoms with E-state index < -0.39 is 24.2 Å². The number of carbonyl (C=O) groups excluding carboxylic acids is 2. The Kier molecular flexibility index (Phi) is 4.90. The average molecular weight is 288 g/mol. The number of Topliss-reactive ketones (excluding diaryl/α,β-unsaturated/α-hetero) is 1. The van der Waals surface area contributed by atoms with Gasteiger partial charge >= 0.3 is 6.18 Å². The molecule has 0 radical (unpaired) electrons. The number of ether oxygens (including phenoxy) is 1. The van der Waals surface area contributed by atoms with E-state index in [9.17, 15) is 27.9 Å². The van der Waals surface area contributed by atoms with Crippen molar-refractivity contribution in [3.8, 4) is 11.5 Å². The smallest absolute Gasteiger partial charge is 0.450 e. The van der Waals surface area contributed by atoms with Crippen LogP contribution in [0.3, 0.4) is 0 Å². The van der Waals surface area contributed by atoms with Gasteiger partial charge in [0.15, 0.2) is 17.3 Å². The van der Waals surface area contributed by atoms with E-state index in [-0.39, 0.29) is 11.5 Å². The summed E-state index contributed by atoms with van der Waals surface area (Å²) in [4.78, 5) is 21.8. The van der Waals surface area contributed by atoms with Gasteiger partial charge in [-0.05, 0) is 23.8 Å². The van der Waals surface area contributed by atoms with Crippen LogP contribution >= 0.6 is 0 Å². The third kappa shape index (κ3) is 4.42. The Labute approximate surface area is 112 Å². The second kappa shape index (κ2) is 6.23. The minimum atomic E-state index is -5.01. The molecule has 0 unspecified atom stereocenters. The number of halogens is 3. The van der Waals surface area contributed by atoms with Crippen LogP contribution in [0.15, 0.2) is 24.3 Å². The first kappa shape index (κ1) is 15.7. The summed E-state index contributed by atoms with van der Waals surface area (Å²) in [6.07, 6.45) is -4.14. The van der Waals surface area contributed by atoms with Crippen molar-refractivity contribution in [3.63, 3.8) is 0 Å². The van der Waals surface area contributed by atoms with Gasteiger partial charge < -0.3 is 9.84 Å². The van der Waals surface area contributed by atoms with Crippen molar-refractivity contribution in [2.75, 3.05) is 7.11 Å². The average Bonchev–Trinajstić information content (AvgIpc) is 2.36. The quantitative estimate of drug-likeness (QED) is 0.668. The maximum absolute atomic E-state index is 11.9. The van der Waals surface area contributed by atoms with Crippen LogP contribution in [0.5, 0.6) is 11.5 Å². The van der Waals surface area contributed by atoms with Crippen molar-refractivity contribution in [2.24, 2.45) is 0 Å². The zero-order chi connectivity index (χ0) is 15.3. The predicted molar refractivity (Wildman–Crippen MR) is 64.4 cm³/mol. The number of rotatable bonds is 5. The summed E-state index contributed by atoms with van der Waals surface area (Å²) in [5.41, 5.74) is 0.437. The van der Waals surface area contributed by atoms with Gasteiger partial charge in [0.25, 0.3) is 0 Å². The van der Waals surface area contributed by atoms with E-state index >= 15 is 0 Å². The molecule has 4 nitrogen and oxygen atoms in total. The largest absolute Gasteiger partial charge is 0.504 e. The molecule has 1 aromatic carbocycles. The number of ketones is 2. The number of methoxy groups -OCH3 is 1. The molecule has 20 heavy (non-hydrogen) atoms. The van der Waals surface area contributed by atoms with Crippen LogP contribution in [0.25, 0.3) is 6.08 Å². The lowest BCUT2D eigenvalue weighted by Gasteiger charge is -2.04. The molecule has 7 heteroatoms. The van der Waals surface area contributed by atoms with E-state index in [1.807, 2.05) is 0 Å². The molecule has 0 aliphatic heterocycles. The second-order valence-electron chi connectivity index (χ2n) is 3.83. The fourth-order valence-electron chi connectivity index (χ4n) is 1.30. The lowest BCUT2D eigenvalue weighted by atomic mass is 10.1. The molecule has 0 aromatic heterocycles. The van der Waals surface area contributed by atoms with Crippen LogP contribution in [0.4, 0.5) is 13.2 Å². The van der Waals surface area contributed by atoms with Gasteiger partial charge in [0.05, 0.1) is 13.5 Å². The molecule has 0 fully saturated rings. The van der Waals surface area contributed by atoms with E-state index in [1.165, 1.54) is 31.4 Å². The molecule has 1 N–H and O–H groups in total. The number of phenols is 1. The summed E-state index contributed by atoms with van der Waals surface area (Å²) in [6.45, 7) is 0. The molecule has 0 amide bonds. The number of hydrogen-bond donors (Lipinski definition) is 1. The van der Waals surface area contributed by atoms with E-state index in [4.69, 9.17) is 4.74 Å². The Morgan fingerprint density at radius 2 is 2.00 bits per heavy atom. The van der Waals surface area contributed by atoms with Crippen molar-refractivity contribution >= 4 is 17.6 Å². The summed E-state index contributed by atoms with van der Waals surface area (Å²) in [7, 11) is 1.33. The highest BCUT2D eigenvalue weighted by atomic mass is 19.4. The molecule has 0 atom stereocenters. The fraction of sp³-hybridized carbons (Fsp3) is 0.231. The maximum Gasteiger partial charge on any atom is 0.450 e. The second-order valence-corrected chi connectivity index (χ2v) is 3.83. The van der Waals surface area contributed by atoms with Gasteiger partial charge in [-0.2, -0.15) is 13.2 Å². The normalized spacial score (nSPS) is 11.6. The molecule has 0 heterocycles. The van der Waals surface area contributed by atoms with E-state index in [0.717, 1.165) is 6.08 Å². The lowest BCUT2D eigenvalue weighted by molar-refractivity contribution is -0.171. The fourth-order valence-corrected chi connectivity index (χ4v) is 1.30. The number of hydrogen-bond acceptors (Lipinski definition) is 4. The third-order valence-electron chi connectivity index (χ3n) is 2.32. The van der Waals surface area contributed by atoms with Crippen molar-refractivity contribution in [2.45, 2.75) is 12.6 Å². The Bertz CT molecular complexity index is 547. The lowest BCUT2D eigenvalue weighted by Crippen LogP contribution is -2.24. The van der Waals surface area contributed by atoms with Crippen LogP contribution in [0.1, 0.15) is 12.0 Å². The van der Waals surface area contributed by atoms with Gasteiger partial charge in [0.2, 0.25) is 5.78 Å². The molecule has 0 aliphatic carbocycles. The molecule has 1 rings (SSSR count). The zero-order valence-corrected chi connectivity index (χ0v) is 10.4. The third-order valence-corrected chi connectivity index (χ3v) is 2.32.